The summed E-state index contributed by atoms with van der Waals surface area (Å²) in [6, 6.07) is -1.48. The lowest BCUT2D eigenvalue weighted by Crippen LogP contribution is -2.46. The van der Waals surface area contributed by atoms with Crippen molar-refractivity contribution in [2.75, 3.05) is 12.0 Å². The molecule has 0 aliphatic carbocycles. The van der Waals surface area contributed by atoms with Crippen LogP contribution in [0.1, 0.15) is 18.1 Å². The number of nitrogens with one attached hydrogen (secondary N) is 2. The van der Waals surface area contributed by atoms with Gasteiger partial charge in [-0.25, -0.2) is 9.59 Å². The number of rotatable bonds is 7. The summed E-state index contributed by atoms with van der Waals surface area (Å²) >= 11 is 1.52. The van der Waals surface area contributed by atoms with Crippen LogP contribution in [0, 0.1) is 6.92 Å². The fourth-order valence-corrected chi connectivity index (χ4v) is 1.75. The Bertz CT molecular complexity index is 437. The average molecular weight is 288 g/mol. The summed E-state index contributed by atoms with van der Waals surface area (Å²) in [6.07, 6.45) is 2.24. The molecule has 0 spiro atoms. The van der Waals surface area contributed by atoms with E-state index < -0.39 is 18.0 Å². The van der Waals surface area contributed by atoms with Crippen molar-refractivity contribution in [3.8, 4) is 0 Å². The van der Waals surface area contributed by atoms with Gasteiger partial charge in [0.25, 0.3) is 0 Å². The number of amides is 2. The topological polar surface area (TPSA) is 117 Å². The van der Waals surface area contributed by atoms with Crippen molar-refractivity contribution in [3.05, 3.63) is 11.7 Å². The molecule has 0 aliphatic rings. The molecule has 1 heterocycles. The zero-order chi connectivity index (χ0) is 14.3. The Morgan fingerprint density at radius 1 is 1.53 bits per heavy atom. The van der Waals surface area contributed by atoms with Crippen LogP contribution >= 0.6 is 11.8 Å². The molecule has 0 fully saturated rings. The van der Waals surface area contributed by atoms with Crippen LogP contribution in [0.4, 0.5) is 4.79 Å². The van der Waals surface area contributed by atoms with E-state index in [1.54, 1.807) is 6.92 Å². The van der Waals surface area contributed by atoms with Crippen LogP contribution in [0.3, 0.4) is 0 Å². The van der Waals surface area contributed by atoms with Gasteiger partial charge in [-0.15, -0.1) is 0 Å². The highest BCUT2D eigenvalue weighted by molar-refractivity contribution is 7.98. The van der Waals surface area contributed by atoms with Crippen LogP contribution < -0.4 is 10.6 Å². The molecule has 0 unspecified atom stereocenters. The number of aromatic nitrogens is 2. The van der Waals surface area contributed by atoms with Gasteiger partial charge in [0.15, 0.2) is 5.82 Å². The molecule has 0 aliphatic heterocycles. The fourth-order valence-electron chi connectivity index (χ4n) is 1.27. The first-order valence-electron chi connectivity index (χ1n) is 5.58. The molecule has 0 radical (unpaired) electrons. The third-order valence-electron chi connectivity index (χ3n) is 2.19. The zero-order valence-electron chi connectivity index (χ0n) is 10.7. The first-order valence-corrected chi connectivity index (χ1v) is 6.97. The molecule has 106 valence electrons. The molecule has 0 saturated carbocycles. The van der Waals surface area contributed by atoms with Gasteiger partial charge < -0.3 is 20.3 Å². The smallest absolute Gasteiger partial charge is 0.326 e. The van der Waals surface area contributed by atoms with Crippen molar-refractivity contribution in [2.24, 2.45) is 0 Å². The molecule has 1 aromatic rings. The zero-order valence-corrected chi connectivity index (χ0v) is 11.5. The average Bonchev–Trinajstić information content (AvgIpc) is 2.77. The second kappa shape index (κ2) is 7.62. The lowest BCUT2D eigenvalue weighted by Gasteiger charge is -2.13. The van der Waals surface area contributed by atoms with Gasteiger partial charge in [-0.1, -0.05) is 5.16 Å². The maximum absolute atomic E-state index is 11.5. The number of hydrogen-bond donors (Lipinski definition) is 3. The standard InChI is InChI=1S/C10H16N4O4S/c1-6-12-8(14-18-6)5-11-10(17)13-7(9(15)16)3-4-19-2/h7H,3-5H2,1-2H3,(H,15,16)(H2,11,13,17)/t7-/m1/s1. The Morgan fingerprint density at radius 3 is 2.79 bits per heavy atom. The molecule has 1 aromatic heterocycles. The molecule has 8 nitrogen and oxygen atoms in total. The van der Waals surface area contributed by atoms with Crippen LogP contribution in [-0.2, 0) is 11.3 Å². The number of nitrogens with zero attached hydrogens (tertiary/aromatic N) is 2. The molecule has 1 atom stereocenters. The summed E-state index contributed by atoms with van der Waals surface area (Å²) in [6.45, 7) is 1.72. The van der Waals surface area contributed by atoms with E-state index in [4.69, 9.17) is 9.63 Å². The second-order valence-electron chi connectivity index (χ2n) is 3.73. The molecule has 19 heavy (non-hydrogen) atoms. The second-order valence-corrected chi connectivity index (χ2v) is 4.71. The van der Waals surface area contributed by atoms with Crippen LogP contribution in [0.2, 0.25) is 0 Å². The lowest BCUT2D eigenvalue weighted by molar-refractivity contribution is -0.139. The number of thioether (sulfide) groups is 1. The predicted octanol–water partition coefficient (Wildman–Crippen LogP) is 0.384. The van der Waals surface area contributed by atoms with E-state index in [9.17, 15) is 9.59 Å². The molecule has 1 rings (SSSR count). The third kappa shape index (κ3) is 5.60. The van der Waals surface area contributed by atoms with Gasteiger partial charge in [0.05, 0.1) is 6.54 Å². The first-order chi connectivity index (χ1) is 9.02. The highest BCUT2D eigenvalue weighted by Gasteiger charge is 2.19. The number of urea groups is 1. The van der Waals surface area contributed by atoms with Gasteiger partial charge >= 0.3 is 12.0 Å². The predicted molar refractivity (Wildman–Crippen MR) is 68.8 cm³/mol. The minimum absolute atomic E-state index is 0.0814. The van der Waals surface area contributed by atoms with Gasteiger partial charge in [0.2, 0.25) is 5.89 Å². The van der Waals surface area contributed by atoms with Crippen molar-refractivity contribution in [3.63, 3.8) is 0 Å². The molecule has 0 aromatic carbocycles. The van der Waals surface area contributed by atoms with Crippen molar-refractivity contribution >= 4 is 23.8 Å². The maximum atomic E-state index is 11.5. The highest BCUT2D eigenvalue weighted by atomic mass is 32.2. The largest absolute Gasteiger partial charge is 0.480 e. The molecule has 2 amide bonds. The van der Waals surface area contributed by atoms with Gasteiger partial charge in [-0.2, -0.15) is 16.7 Å². The quantitative estimate of drug-likeness (QED) is 0.664. The van der Waals surface area contributed by atoms with Crippen molar-refractivity contribution < 1.29 is 19.2 Å². The molecular formula is C10H16N4O4S. The molecule has 9 heteroatoms. The van der Waals surface area contributed by atoms with Crippen LogP contribution in [0.15, 0.2) is 4.52 Å². The number of carboxylic acids is 1. The van der Waals surface area contributed by atoms with Crippen molar-refractivity contribution in [1.82, 2.24) is 20.8 Å². The van der Waals surface area contributed by atoms with Crippen LogP contribution in [0.5, 0.6) is 0 Å². The first kappa shape index (κ1) is 15.3. The lowest BCUT2D eigenvalue weighted by atomic mass is 10.2. The third-order valence-corrected chi connectivity index (χ3v) is 2.83. The van der Waals surface area contributed by atoms with Gasteiger partial charge in [0.1, 0.15) is 6.04 Å². The number of carbonyl (C=O) groups is 2. The molecule has 0 bridgehead atoms. The van der Waals surface area contributed by atoms with Gasteiger partial charge in [-0.3, -0.25) is 0 Å². The van der Waals surface area contributed by atoms with E-state index in [1.807, 2.05) is 6.26 Å². The van der Waals surface area contributed by atoms with Crippen LogP contribution in [0.25, 0.3) is 0 Å². The number of carbonyl (C=O) groups excluding carboxylic acids is 1. The summed E-state index contributed by atoms with van der Waals surface area (Å²) < 4.78 is 4.74. The number of aryl methyl sites for hydroxylation is 1. The van der Waals surface area contributed by atoms with Gasteiger partial charge in [-0.05, 0) is 18.4 Å². The minimum atomic E-state index is -1.06. The summed E-state index contributed by atoms with van der Waals surface area (Å²) in [7, 11) is 0. The highest BCUT2D eigenvalue weighted by Crippen LogP contribution is 2.01. The molecule has 3 N–H and O–H groups in total. The fraction of sp³-hybridized carbons (Fsp3) is 0.600. The Labute approximate surface area is 114 Å². The SMILES string of the molecule is CSCC[C@@H](NC(=O)NCc1noc(C)n1)C(=O)O. The number of carboxylic acid groups (broad SMARTS) is 1. The summed E-state index contributed by atoms with van der Waals surface area (Å²) in [5, 5.41) is 17.4. The van der Waals surface area contributed by atoms with E-state index in [0.29, 0.717) is 23.9 Å². The Hall–Kier alpha value is -1.77. The van der Waals surface area contributed by atoms with E-state index in [1.165, 1.54) is 11.8 Å². The monoisotopic (exact) mass is 288 g/mol. The summed E-state index contributed by atoms with van der Waals surface area (Å²) in [4.78, 5) is 26.4. The van der Waals surface area contributed by atoms with Crippen LogP contribution in [-0.4, -0.2) is 45.3 Å². The normalized spacial score (nSPS) is 11.9. The molecular weight excluding hydrogens is 272 g/mol. The molecule has 0 saturated heterocycles. The van der Waals surface area contributed by atoms with E-state index in [0.717, 1.165) is 0 Å². The van der Waals surface area contributed by atoms with Crippen molar-refractivity contribution in [2.45, 2.75) is 25.9 Å². The van der Waals surface area contributed by atoms with E-state index >= 15 is 0 Å². The van der Waals surface area contributed by atoms with E-state index in [2.05, 4.69) is 20.8 Å². The number of aliphatic carboxylic acids is 1. The van der Waals surface area contributed by atoms with Gasteiger partial charge in [0, 0.05) is 6.92 Å². The summed E-state index contributed by atoms with van der Waals surface area (Å²) in [5.74, 6) is 0.338. The summed E-state index contributed by atoms with van der Waals surface area (Å²) in [5.41, 5.74) is 0. The Balaban J connectivity index is 2.37. The maximum Gasteiger partial charge on any atom is 0.326 e. The number of hydrogen-bond acceptors (Lipinski definition) is 6. The Morgan fingerprint density at radius 2 is 2.26 bits per heavy atom. The minimum Gasteiger partial charge on any atom is -0.480 e. The van der Waals surface area contributed by atoms with Crippen molar-refractivity contribution in [1.29, 1.82) is 0 Å². The van der Waals surface area contributed by atoms with E-state index in [-0.39, 0.29) is 6.54 Å². The Kier molecular flexibility index (Phi) is 6.13.